The van der Waals surface area contributed by atoms with Crippen LogP contribution in [0.1, 0.15) is 50.4 Å². The number of aromatic nitrogens is 1. The Morgan fingerprint density at radius 1 is 1.29 bits per heavy atom. The van der Waals surface area contributed by atoms with Crippen LogP contribution >= 0.6 is 0 Å². The number of rotatable bonds is 2. The number of nitrogens with zero attached hydrogens (tertiary/aromatic N) is 2. The van der Waals surface area contributed by atoms with Gasteiger partial charge in [-0.3, -0.25) is 9.59 Å². The number of carbonyl (C=O) groups excluding carboxylic acids is 1. The average Bonchev–Trinajstić information content (AvgIpc) is 2.63. The normalized spacial score (nSPS) is 23.2. The van der Waals surface area contributed by atoms with Gasteiger partial charge in [-0.25, -0.2) is 0 Å². The lowest BCUT2D eigenvalue weighted by Gasteiger charge is -2.33. The molecule has 2 heterocycles. The highest BCUT2D eigenvalue weighted by molar-refractivity contribution is 5.94. The van der Waals surface area contributed by atoms with Crippen molar-refractivity contribution in [1.29, 1.82) is 0 Å². The van der Waals surface area contributed by atoms with Gasteiger partial charge in [0.25, 0.3) is 11.5 Å². The first-order valence-electron chi connectivity index (χ1n) is 7.87. The number of hydrogen-bond donors (Lipinski definition) is 0. The number of hydrogen-bond acceptors (Lipinski definition) is 2. The molecule has 0 unspecified atom stereocenters. The first-order valence-corrected chi connectivity index (χ1v) is 7.87. The molecule has 116 valence electrons. The van der Waals surface area contributed by atoms with Crippen LogP contribution in [0.5, 0.6) is 0 Å². The molecule has 21 heavy (non-hydrogen) atoms. The van der Waals surface area contributed by atoms with Gasteiger partial charge >= 0.3 is 0 Å². The smallest absolute Gasteiger partial charge is 0.254 e. The first-order chi connectivity index (χ1) is 9.90. The van der Waals surface area contributed by atoms with Gasteiger partial charge in [0.2, 0.25) is 0 Å². The van der Waals surface area contributed by atoms with E-state index in [2.05, 4.69) is 20.8 Å². The molecule has 0 radical (unpaired) electrons. The summed E-state index contributed by atoms with van der Waals surface area (Å²) in [6, 6.07) is 3.47. The second-order valence-corrected chi connectivity index (χ2v) is 6.65. The summed E-state index contributed by atoms with van der Waals surface area (Å²) in [6.07, 6.45) is 4.93. The highest BCUT2D eigenvalue weighted by Crippen LogP contribution is 2.27. The lowest BCUT2D eigenvalue weighted by molar-refractivity contribution is 0.0631. The zero-order chi connectivity index (χ0) is 15.6. The Kier molecular flexibility index (Phi) is 4.86. The van der Waals surface area contributed by atoms with Gasteiger partial charge in [0.15, 0.2) is 0 Å². The van der Waals surface area contributed by atoms with E-state index in [0.717, 1.165) is 19.4 Å². The lowest BCUT2D eigenvalue weighted by Crippen LogP contribution is -2.43. The van der Waals surface area contributed by atoms with Crippen molar-refractivity contribution in [2.24, 2.45) is 18.9 Å². The van der Waals surface area contributed by atoms with Crippen LogP contribution in [0.15, 0.2) is 23.1 Å². The first kappa shape index (κ1) is 15.8. The van der Waals surface area contributed by atoms with Crippen LogP contribution in [-0.4, -0.2) is 28.0 Å². The summed E-state index contributed by atoms with van der Waals surface area (Å²) in [6.45, 7) is 7.39. The van der Waals surface area contributed by atoms with E-state index >= 15 is 0 Å². The zero-order valence-electron chi connectivity index (χ0n) is 13.5. The molecule has 1 aliphatic heterocycles. The SMILES string of the molecule is CC(C)[C@H]1CC[C@H](C)CCN1C(=O)c1ccn(C)c(=O)c1. The van der Waals surface area contributed by atoms with Crippen molar-refractivity contribution in [3.8, 4) is 0 Å². The molecule has 1 fully saturated rings. The Bertz CT molecular complexity index is 562. The molecule has 0 bridgehead atoms. The predicted octanol–water partition coefficient (Wildman–Crippen LogP) is 2.67. The second-order valence-electron chi connectivity index (χ2n) is 6.65. The molecule has 1 aromatic rings. The maximum atomic E-state index is 12.8. The fraction of sp³-hybridized carbons (Fsp3) is 0.647. The molecule has 4 nitrogen and oxygen atoms in total. The fourth-order valence-corrected chi connectivity index (χ4v) is 3.07. The van der Waals surface area contributed by atoms with Crippen molar-refractivity contribution in [2.45, 2.75) is 46.1 Å². The molecule has 0 saturated carbocycles. The van der Waals surface area contributed by atoms with Gasteiger partial charge in [0.05, 0.1) is 0 Å². The molecular formula is C17H26N2O2. The van der Waals surface area contributed by atoms with E-state index in [0.29, 0.717) is 17.4 Å². The molecule has 4 heteroatoms. The largest absolute Gasteiger partial charge is 0.335 e. The van der Waals surface area contributed by atoms with Gasteiger partial charge in [-0.05, 0) is 37.2 Å². The summed E-state index contributed by atoms with van der Waals surface area (Å²) in [7, 11) is 1.70. The highest BCUT2D eigenvalue weighted by atomic mass is 16.2. The predicted molar refractivity (Wildman–Crippen MR) is 84.4 cm³/mol. The number of amides is 1. The molecule has 1 aliphatic rings. The van der Waals surface area contributed by atoms with Crippen LogP contribution in [0.3, 0.4) is 0 Å². The standard InChI is InChI=1S/C17H26N2O2/c1-12(2)15-6-5-13(3)7-10-19(15)17(21)14-8-9-18(4)16(20)11-14/h8-9,11-13,15H,5-7,10H2,1-4H3/t13-,15+/m0/s1. The van der Waals surface area contributed by atoms with Crippen LogP contribution in [0.25, 0.3) is 0 Å². The molecule has 0 aliphatic carbocycles. The van der Waals surface area contributed by atoms with Gasteiger partial charge in [-0.2, -0.15) is 0 Å². The van der Waals surface area contributed by atoms with Crippen LogP contribution in [-0.2, 0) is 7.05 Å². The third-order valence-corrected chi connectivity index (χ3v) is 4.60. The minimum absolute atomic E-state index is 0.000463. The molecule has 1 aromatic heterocycles. The van der Waals surface area contributed by atoms with E-state index in [1.165, 1.54) is 17.1 Å². The van der Waals surface area contributed by atoms with Crippen molar-refractivity contribution >= 4 is 5.91 Å². The van der Waals surface area contributed by atoms with Crippen molar-refractivity contribution in [3.05, 3.63) is 34.2 Å². The Morgan fingerprint density at radius 3 is 2.62 bits per heavy atom. The van der Waals surface area contributed by atoms with E-state index in [-0.39, 0.29) is 17.5 Å². The summed E-state index contributed by atoms with van der Waals surface area (Å²) >= 11 is 0. The van der Waals surface area contributed by atoms with E-state index in [9.17, 15) is 9.59 Å². The summed E-state index contributed by atoms with van der Waals surface area (Å²) < 4.78 is 1.49. The summed E-state index contributed by atoms with van der Waals surface area (Å²) in [5.74, 6) is 1.10. The van der Waals surface area contributed by atoms with Crippen molar-refractivity contribution in [1.82, 2.24) is 9.47 Å². The minimum Gasteiger partial charge on any atom is -0.335 e. The molecule has 0 aromatic carbocycles. The van der Waals surface area contributed by atoms with Crippen molar-refractivity contribution < 1.29 is 4.79 Å². The quantitative estimate of drug-likeness (QED) is 0.840. The summed E-state index contributed by atoms with van der Waals surface area (Å²) in [5.41, 5.74) is 0.378. The number of likely N-dealkylation sites (tertiary alicyclic amines) is 1. The van der Waals surface area contributed by atoms with Crippen LogP contribution < -0.4 is 5.56 Å². The third kappa shape index (κ3) is 3.55. The minimum atomic E-state index is -0.134. The maximum Gasteiger partial charge on any atom is 0.254 e. The summed E-state index contributed by atoms with van der Waals surface area (Å²) in [5, 5.41) is 0. The number of aryl methyl sites for hydroxylation is 1. The van der Waals surface area contributed by atoms with Crippen molar-refractivity contribution in [3.63, 3.8) is 0 Å². The van der Waals surface area contributed by atoms with Crippen LogP contribution in [0.2, 0.25) is 0 Å². The van der Waals surface area contributed by atoms with Crippen LogP contribution in [0, 0.1) is 11.8 Å². The van der Waals surface area contributed by atoms with E-state index in [1.54, 1.807) is 19.3 Å². The van der Waals surface area contributed by atoms with E-state index < -0.39 is 0 Å². The molecule has 1 amide bonds. The monoisotopic (exact) mass is 290 g/mol. The van der Waals surface area contributed by atoms with E-state index in [1.807, 2.05) is 4.90 Å². The maximum absolute atomic E-state index is 12.8. The number of carbonyl (C=O) groups is 1. The average molecular weight is 290 g/mol. The molecular weight excluding hydrogens is 264 g/mol. The zero-order valence-corrected chi connectivity index (χ0v) is 13.5. The van der Waals surface area contributed by atoms with Crippen molar-refractivity contribution in [2.75, 3.05) is 6.54 Å². The Balaban J connectivity index is 2.29. The van der Waals surface area contributed by atoms with Gasteiger partial charge in [0.1, 0.15) is 0 Å². The Hall–Kier alpha value is -1.58. The van der Waals surface area contributed by atoms with Gasteiger partial charge < -0.3 is 9.47 Å². The Morgan fingerprint density at radius 2 is 2.00 bits per heavy atom. The second kappa shape index (κ2) is 6.46. The van der Waals surface area contributed by atoms with Gasteiger partial charge in [-0.1, -0.05) is 20.8 Å². The molecule has 0 spiro atoms. The molecule has 1 saturated heterocycles. The molecule has 2 rings (SSSR count). The molecule has 2 atom stereocenters. The van der Waals surface area contributed by atoms with Gasteiger partial charge in [0, 0.05) is 37.5 Å². The third-order valence-electron chi connectivity index (χ3n) is 4.60. The highest BCUT2D eigenvalue weighted by Gasteiger charge is 2.30. The number of pyridine rings is 1. The Labute approximate surface area is 126 Å². The van der Waals surface area contributed by atoms with E-state index in [4.69, 9.17) is 0 Å². The van der Waals surface area contributed by atoms with Gasteiger partial charge in [-0.15, -0.1) is 0 Å². The fourth-order valence-electron chi connectivity index (χ4n) is 3.07. The summed E-state index contributed by atoms with van der Waals surface area (Å²) in [4.78, 5) is 26.6. The molecule has 0 N–H and O–H groups in total. The lowest BCUT2D eigenvalue weighted by atomic mass is 9.95. The van der Waals surface area contributed by atoms with Crippen LogP contribution in [0.4, 0.5) is 0 Å². The topological polar surface area (TPSA) is 42.3 Å².